The molecule has 3 rings (SSSR count). The number of sulfonamides is 1. The van der Waals surface area contributed by atoms with E-state index >= 15 is 0 Å². The molecule has 0 aliphatic rings. The second kappa shape index (κ2) is 9.77. The van der Waals surface area contributed by atoms with Crippen LogP contribution < -0.4 is 10.0 Å². The van der Waals surface area contributed by atoms with Crippen molar-refractivity contribution in [3.05, 3.63) is 53.3 Å². The highest BCUT2D eigenvalue weighted by atomic mass is 32.2. The van der Waals surface area contributed by atoms with Crippen molar-refractivity contribution in [2.24, 2.45) is 0 Å². The molecule has 3 aromatic rings. The number of unbranched alkanes of at least 4 members (excludes halogenated alkanes) is 1. The summed E-state index contributed by atoms with van der Waals surface area (Å²) in [6, 6.07) is 9.64. The van der Waals surface area contributed by atoms with Gasteiger partial charge in [-0.15, -0.1) is 11.3 Å². The maximum absolute atomic E-state index is 11.5. The SMILES string of the molecule is Cc1ccnc(Nc2cccc(-c3cnc(CCCCC(=O)NS(C)(=O)=O)s3)n2)c1. The van der Waals surface area contributed by atoms with Gasteiger partial charge in [0.05, 0.1) is 21.8 Å². The number of nitrogens with zero attached hydrogens (tertiary/aromatic N) is 3. The number of rotatable bonds is 9. The van der Waals surface area contributed by atoms with Crippen LogP contribution in [0.5, 0.6) is 0 Å². The van der Waals surface area contributed by atoms with Crippen LogP contribution in [-0.2, 0) is 21.2 Å². The van der Waals surface area contributed by atoms with E-state index in [2.05, 4.69) is 20.3 Å². The van der Waals surface area contributed by atoms with Crippen LogP contribution >= 0.6 is 11.3 Å². The zero-order valence-electron chi connectivity index (χ0n) is 16.8. The molecule has 2 N–H and O–H groups in total. The fourth-order valence-electron chi connectivity index (χ4n) is 2.74. The summed E-state index contributed by atoms with van der Waals surface area (Å²) in [5, 5.41) is 4.16. The maximum atomic E-state index is 11.5. The minimum atomic E-state index is -3.49. The highest BCUT2D eigenvalue weighted by Crippen LogP contribution is 2.27. The van der Waals surface area contributed by atoms with Crippen molar-refractivity contribution in [1.82, 2.24) is 19.7 Å². The van der Waals surface area contributed by atoms with E-state index in [1.54, 1.807) is 23.7 Å². The van der Waals surface area contributed by atoms with E-state index < -0.39 is 15.9 Å². The normalized spacial score (nSPS) is 11.3. The third-order valence-electron chi connectivity index (χ3n) is 4.07. The predicted octanol–water partition coefficient (Wildman–Crippen LogP) is 3.44. The standard InChI is InChI=1S/C20H23N5O3S2/c1-14-10-11-21-18(12-14)24-17-7-5-6-15(23-17)16-13-22-20(29-16)9-4-3-8-19(26)25-30(2,27)28/h5-7,10-13H,3-4,8-9H2,1-2H3,(H,25,26)(H,21,23,24). The smallest absolute Gasteiger partial charge is 0.233 e. The number of aromatic nitrogens is 3. The number of hydrogen-bond acceptors (Lipinski definition) is 8. The van der Waals surface area contributed by atoms with E-state index in [9.17, 15) is 13.2 Å². The van der Waals surface area contributed by atoms with Crippen molar-refractivity contribution in [2.75, 3.05) is 11.6 Å². The first-order valence-corrected chi connectivity index (χ1v) is 12.1. The molecule has 30 heavy (non-hydrogen) atoms. The van der Waals surface area contributed by atoms with E-state index in [1.807, 2.05) is 42.0 Å². The highest BCUT2D eigenvalue weighted by molar-refractivity contribution is 7.89. The summed E-state index contributed by atoms with van der Waals surface area (Å²) in [5.74, 6) is 0.968. The summed E-state index contributed by atoms with van der Waals surface area (Å²) in [6.07, 6.45) is 6.76. The third-order valence-corrected chi connectivity index (χ3v) is 5.75. The van der Waals surface area contributed by atoms with Gasteiger partial charge in [0.15, 0.2) is 0 Å². The van der Waals surface area contributed by atoms with Gasteiger partial charge in [-0.3, -0.25) is 9.52 Å². The van der Waals surface area contributed by atoms with Gasteiger partial charge in [0.1, 0.15) is 11.6 Å². The molecule has 3 heterocycles. The summed E-state index contributed by atoms with van der Waals surface area (Å²) >= 11 is 1.56. The molecule has 0 saturated carbocycles. The Balaban J connectivity index is 1.55. The lowest BCUT2D eigenvalue weighted by Crippen LogP contribution is -2.28. The molecular formula is C20H23N5O3S2. The molecule has 0 aliphatic heterocycles. The molecule has 0 unspecified atom stereocenters. The van der Waals surface area contributed by atoms with Gasteiger partial charge in [0.25, 0.3) is 0 Å². The third kappa shape index (κ3) is 6.89. The number of hydrogen-bond donors (Lipinski definition) is 2. The molecule has 0 aromatic carbocycles. The van der Waals surface area contributed by atoms with Crippen LogP contribution in [0.2, 0.25) is 0 Å². The number of amides is 1. The van der Waals surface area contributed by atoms with Gasteiger partial charge in [-0.05, 0) is 56.0 Å². The lowest BCUT2D eigenvalue weighted by Gasteiger charge is -2.06. The second-order valence-corrected chi connectivity index (χ2v) is 9.74. The Bertz CT molecular complexity index is 1130. The molecule has 10 heteroatoms. The molecule has 0 spiro atoms. The summed E-state index contributed by atoms with van der Waals surface area (Å²) in [7, 11) is -3.49. The van der Waals surface area contributed by atoms with Crippen molar-refractivity contribution in [3.63, 3.8) is 0 Å². The van der Waals surface area contributed by atoms with Gasteiger partial charge in [-0.25, -0.2) is 23.4 Å². The highest BCUT2D eigenvalue weighted by Gasteiger charge is 2.10. The number of pyridine rings is 2. The molecular weight excluding hydrogens is 422 g/mol. The van der Waals surface area contributed by atoms with E-state index in [0.29, 0.717) is 12.2 Å². The average Bonchev–Trinajstić information content (AvgIpc) is 3.13. The van der Waals surface area contributed by atoms with Crippen LogP contribution in [0, 0.1) is 6.92 Å². The Morgan fingerprint density at radius 2 is 1.97 bits per heavy atom. The zero-order valence-corrected chi connectivity index (χ0v) is 18.4. The minimum absolute atomic E-state index is 0.174. The van der Waals surface area contributed by atoms with Gasteiger partial charge in [-0.1, -0.05) is 6.07 Å². The lowest BCUT2D eigenvalue weighted by molar-refractivity contribution is -0.119. The van der Waals surface area contributed by atoms with Crippen molar-refractivity contribution in [3.8, 4) is 10.6 Å². The number of carbonyl (C=O) groups is 1. The van der Waals surface area contributed by atoms with Crippen LogP contribution in [0.3, 0.4) is 0 Å². The van der Waals surface area contributed by atoms with E-state index in [4.69, 9.17) is 0 Å². The van der Waals surface area contributed by atoms with Gasteiger partial charge in [-0.2, -0.15) is 0 Å². The average molecular weight is 446 g/mol. The Kier molecular flexibility index (Phi) is 7.11. The first-order chi connectivity index (χ1) is 14.3. The van der Waals surface area contributed by atoms with Crippen molar-refractivity contribution < 1.29 is 13.2 Å². The second-order valence-electron chi connectivity index (χ2n) is 6.87. The van der Waals surface area contributed by atoms with E-state index in [0.717, 1.165) is 46.1 Å². The summed E-state index contributed by atoms with van der Waals surface area (Å²) < 4.78 is 24.0. The lowest BCUT2D eigenvalue weighted by atomic mass is 10.2. The fourth-order valence-corrected chi connectivity index (χ4v) is 4.19. The van der Waals surface area contributed by atoms with Gasteiger partial charge in [0.2, 0.25) is 15.9 Å². The van der Waals surface area contributed by atoms with Crippen molar-refractivity contribution in [2.45, 2.75) is 32.6 Å². The van der Waals surface area contributed by atoms with Crippen LogP contribution in [0.15, 0.2) is 42.7 Å². The Labute approximate surface area is 179 Å². The summed E-state index contributed by atoms with van der Waals surface area (Å²) in [6.45, 7) is 2.01. The fraction of sp³-hybridized carbons (Fsp3) is 0.300. The minimum Gasteiger partial charge on any atom is -0.325 e. The first kappa shape index (κ1) is 21.8. The van der Waals surface area contributed by atoms with Crippen LogP contribution in [0.4, 0.5) is 11.6 Å². The monoisotopic (exact) mass is 445 g/mol. The number of nitrogens with one attached hydrogen (secondary N) is 2. The number of thiazole rings is 1. The van der Waals surface area contributed by atoms with Crippen LogP contribution in [0.1, 0.15) is 29.8 Å². The molecule has 0 aliphatic carbocycles. The molecule has 0 saturated heterocycles. The molecule has 1 amide bonds. The van der Waals surface area contributed by atoms with Crippen molar-refractivity contribution >= 4 is 38.9 Å². The zero-order chi connectivity index (χ0) is 21.6. The first-order valence-electron chi connectivity index (χ1n) is 9.41. The van der Waals surface area contributed by atoms with Crippen molar-refractivity contribution in [1.29, 1.82) is 0 Å². The quantitative estimate of drug-likeness (QED) is 0.485. The summed E-state index contributed by atoms with van der Waals surface area (Å²) in [4.78, 5) is 25.9. The largest absolute Gasteiger partial charge is 0.325 e. The summed E-state index contributed by atoms with van der Waals surface area (Å²) in [5.41, 5.74) is 1.94. The predicted molar refractivity (Wildman–Crippen MR) is 118 cm³/mol. The maximum Gasteiger partial charge on any atom is 0.233 e. The topological polar surface area (TPSA) is 114 Å². The number of anilines is 2. The van der Waals surface area contributed by atoms with Gasteiger partial charge >= 0.3 is 0 Å². The Hall–Kier alpha value is -2.85. The number of aryl methyl sites for hydroxylation is 2. The Morgan fingerprint density at radius 1 is 1.13 bits per heavy atom. The van der Waals surface area contributed by atoms with Crippen LogP contribution in [0.25, 0.3) is 10.6 Å². The molecule has 0 fully saturated rings. The molecule has 0 bridgehead atoms. The molecule has 158 valence electrons. The van der Waals surface area contributed by atoms with Gasteiger partial charge < -0.3 is 5.32 Å². The van der Waals surface area contributed by atoms with E-state index in [-0.39, 0.29) is 6.42 Å². The molecule has 0 radical (unpaired) electrons. The Morgan fingerprint density at radius 3 is 2.73 bits per heavy atom. The molecule has 3 aromatic heterocycles. The van der Waals surface area contributed by atoms with E-state index in [1.165, 1.54) is 0 Å². The molecule has 0 atom stereocenters. The van der Waals surface area contributed by atoms with Gasteiger partial charge in [0, 0.05) is 18.8 Å². The molecule has 8 nitrogen and oxygen atoms in total. The van der Waals surface area contributed by atoms with Crippen LogP contribution in [-0.4, -0.2) is 35.5 Å². The number of carbonyl (C=O) groups excluding carboxylic acids is 1.